The predicted octanol–water partition coefficient (Wildman–Crippen LogP) is 5.21. The molecule has 1 aliphatic heterocycles. The van der Waals surface area contributed by atoms with Crippen molar-refractivity contribution >= 4 is 55.6 Å². The number of aromatic nitrogens is 1. The number of hydrogen-bond acceptors (Lipinski definition) is 4. The van der Waals surface area contributed by atoms with E-state index < -0.39 is 11.6 Å². The molecule has 0 N–H and O–H groups in total. The Morgan fingerprint density at radius 1 is 0.920 bits per heavy atom. The summed E-state index contributed by atoms with van der Waals surface area (Å²) >= 11 is 13.4. The lowest BCUT2D eigenvalue weighted by atomic mass is 10.2. The van der Waals surface area contributed by atoms with Crippen LogP contribution in [0.2, 0.25) is 10.0 Å². The van der Waals surface area contributed by atoms with Crippen LogP contribution in [0.4, 0.5) is 19.6 Å². The van der Waals surface area contributed by atoms with Crippen molar-refractivity contribution in [2.24, 2.45) is 0 Å². The lowest BCUT2D eigenvalue weighted by molar-refractivity contribution is 0.591. The summed E-state index contributed by atoms with van der Waals surface area (Å²) in [5.74, 6) is -1.20. The molecule has 0 atom stereocenters. The van der Waals surface area contributed by atoms with Crippen molar-refractivity contribution in [3.8, 4) is 0 Å². The van der Waals surface area contributed by atoms with Gasteiger partial charge in [0.2, 0.25) is 0 Å². The second kappa shape index (κ2) is 6.59. The predicted molar refractivity (Wildman–Crippen MR) is 100 cm³/mol. The number of hydrogen-bond donors (Lipinski definition) is 0. The number of piperazine rings is 1. The molecular formula is C17H13Cl2F2N3S. The Morgan fingerprint density at radius 2 is 1.64 bits per heavy atom. The van der Waals surface area contributed by atoms with Crippen LogP contribution in [0, 0.1) is 11.6 Å². The molecule has 8 heteroatoms. The van der Waals surface area contributed by atoms with E-state index in [0.717, 1.165) is 37.9 Å². The normalized spacial score (nSPS) is 15.2. The molecule has 0 saturated carbocycles. The van der Waals surface area contributed by atoms with E-state index in [2.05, 4.69) is 14.8 Å². The van der Waals surface area contributed by atoms with Gasteiger partial charge >= 0.3 is 0 Å². The third-order valence-electron chi connectivity index (χ3n) is 4.22. The van der Waals surface area contributed by atoms with Gasteiger partial charge in [0, 0.05) is 37.9 Å². The van der Waals surface area contributed by atoms with E-state index >= 15 is 0 Å². The largest absolute Gasteiger partial charge is 0.368 e. The SMILES string of the molecule is Fc1cc(F)c2nc(N3CCN(c4ccc(Cl)c(Cl)c4)CC3)sc2c1. The van der Waals surface area contributed by atoms with Crippen molar-refractivity contribution in [2.45, 2.75) is 0 Å². The van der Waals surface area contributed by atoms with Gasteiger partial charge in [-0.2, -0.15) is 0 Å². The summed E-state index contributed by atoms with van der Waals surface area (Å²) in [6.07, 6.45) is 0. The molecule has 0 amide bonds. The second-order valence-electron chi connectivity index (χ2n) is 5.80. The average molecular weight is 400 g/mol. The highest BCUT2D eigenvalue weighted by molar-refractivity contribution is 7.22. The molecule has 1 aliphatic rings. The highest BCUT2D eigenvalue weighted by Gasteiger charge is 2.21. The van der Waals surface area contributed by atoms with E-state index in [9.17, 15) is 8.78 Å². The van der Waals surface area contributed by atoms with Crippen LogP contribution in [0.3, 0.4) is 0 Å². The fourth-order valence-corrected chi connectivity index (χ4v) is 4.27. The minimum absolute atomic E-state index is 0.230. The molecule has 1 fully saturated rings. The molecule has 2 heterocycles. The number of nitrogens with zero attached hydrogens (tertiary/aromatic N) is 3. The fourth-order valence-electron chi connectivity index (χ4n) is 2.92. The van der Waals surface area contributed by atoms with E-state index in [4.69, 9.17) is 23.2 Å². The maximum atomic E-state index is 13.8. The van der Waals surface area contributed by atoms with Crippen molar-refractivity contribution in [1.82, 2.24) is 4.98 Å². The van der Waals surface area contributed by atoms with Crippen molar-refractivity contribution in [1.29, 1.82) is 0 Å². The number of fused-ring (bicyclic) bond motifs is 1. The van der Waals surface area contributed by atoms with Gasteiger partial charge in [0.05, 0.1) is 14.7 Å². The summed E-state index contributed by atoms with van der Waals surface area (Å²) in [5, 5.41) is 1.78. The summed E-state index contributed by atoms with van der Waals surface area (Å²) < 4.78 is 27.7. The van der Waals surface area contributed by atoms with Crippen LogP contribution in [0.25, 0.3) is 10.2 Å². The van der Waals surface area contributed by atoms with Crippen molar-refractivity contribution < 1.29 is 8.78 Å². The standard InChI is InChI=1S/C17H13Cl2F2N3S/c18-12-2-1-11(9-13(12)19)23-3-5-24(6-4-23)17-22-16-14(21)7-10(20)8-15(16)25-17/h1-2,7-9H,3-6H2. The highest BCUT2D eigenvalue weighted by atomic mass is 35.5. The van der Waals surface area contributed by atoms with Gasteiger partial charge in [-0.1, -0.05) is 34.5 Å². The lowest BCUT2D eigenvalue weighted by Gasteiger charge is -2.36. The summed E-state index contributed by atoms with van der Waals surface area (Å²) in [6.45, 7) is 3.05. The molecule has 0 spiro atoms. The first-order chi connectivity index (χ1) is 12.0. The quantitative estimate of drug-likeness (QED) is 0.589. The highest BCUT2D eigenvalue weighted by Crippen LogP contribution is 2.33. The van der Waals surface area contributed by atoms with Crippen LogP contribution >= 0.6 is 34.5 Å². The van der Waals surface area contributed by atoms with Gasteiger partial charge in [-0.05, 0) is 24.3 Å². The number of rotatable bonds is 2. The molecule has 0 aliphatic carbocycles. The molecule has 130 valence electrons. The van der Waals surface area contributed by atoms with Gasteiger partial charge in [-0.3, -0.25) is 0 Å². The zero-order valence-electron chi connectivity index (χ0n) is 13.0. The van der Waals surface area contributed by atoms with Crippen LogP contribution in [0.15, 0.2) is 30.3 Å². The molecule has 0 bridgehead atoms. The Balaban J connectivity index is 1.52. The lowest BCUT2D eigenvalue weighted by Crippen LogP contribution is -2.46. The van der Waals surface area contributed by atoms with Crippen LogP contribution in [-0.2, 0) is 0 Å². The zero-order valence-corrected chi connectivity index (χ0v) is 15.3. The van der Waals surface area contributed by atoms with E-state index in [-0.39, 0.29) is 5.52 Å². The third-order valence-corrected chi connectivity index (χ3v) is 6.02. The number of halogens is 4. The molecule has 0 radical (unpaired) electrons. The molecule has 0 unspecified atom stereocenters. The molecular weight excluding hydrogens is 387 g/mol. The molecule has 1 saturated heterocycles. The first-order valence-corrected chi connectivity index (χ1v) is 9.29. The van der Waals surface area contributed by atoms with Crippen molar-refractivity contribution in [3.63, 3.8) is 0 Å². The van der Waals surface area contributed by atoms with Gasteiger partial charge in [0.1, 0.15) is 11.3 Å². The van der Waals surface area contributed by atoms with Gasteiger partial charge in [-0.25, -0.2) is 13.8 Å². The van der Waals surface area contributed by atoms with E-state index in [1.807, 2.05) is 12.1 Å². The zero-order chi connectivity index (χ0) is 17.6. The van der Waals surface area contributed by atoms with E-state index in [1.165, 1.54) is 17.4 Å². The fraction of sp³-hybridized carbons (Fsp3) is 0.235. The smallest absolute Gasteiger partial charge is 0.186 e. The van der Waals surface area contributed by atoms with Crippen LogP contribution in [0.5, 0.6) is 0 Å². The molecule has 1 aromatic heterocycles. The van der Waals surface area contributed by atoms with Gasteiger partial charge in [0.25, 0.3) is 0 Å². The van der Waals surface area contributed by atoms with Crippen molar-refractivity contribution in [3.05, 3.63) is 52.0 Å². The second-order valence-corrected chi connectivity index (χ2v) is 7.63. The Kier molecular flexibility index (Phi) is 4.43. The summed E-state index contributed by atoms with van der Waals surface area (Å²) in [4.78, 5) is 8.65. The van der Waals surface area contributed by atoms with Crippen LogP contribution in [0.1, 0.15) is 0 Å². The number of anilines is 2. The van der Waals surface area contributed by atoms with Crippen LogP contribution in [-0.4, -0.2) is 31.2 Å². The molecule has 2 aromatic carbocycles. The first kappa shape index (κ1) is 16.8. The third kappa shape index (κ3) is 3.26. The average Bonchev–Trinajstić information content (AvgIpc) is 3.02. The van der Waals surface area contributed by atoms with Gasteiger partial charge in [-0.15, -0.1) is 0 Å². The summed E-state index contributed by atoms with van der Waals surface area (Å²) in [6, 6.07) is 7.78. The maximum absolute atomic E-state index is 13.8. The summed E-state index contributed by atoms with van der Waals surface area (Å²) in [7, 11) is 0. The van der Waals surface area contributed by atoms with Crippen LogP contribution < -0.4 is 9.80 Å². The minimum Gasteiger partial charge on any atom is -0.368 e. The monoisotopic (exact) mass is 399 g/mol. The Labute approximate surface area is 157 Å². The topological polar surface area (TPSA) is 19.4 Å². The molecule has 25 heavy (non-hydrogen) atoms. The number of benzene rings is 2. The minimum atomic E-state index is -0.619. The Bertz CT molecular complexity index is 939. The van der Waals surface area contributed by atoms with E-state index in [0.29, 0.717) is 19.9 Å². The number of thiazole rings is 1. The molecule has 3 nitrogen and oxygen atoms in total. The first-order valence-electron chi connectivity index (χ1n) is 7.72. The van der Waals surface area contributed by atoms with E-state index in [1.54, 1.807) is 6.07 Å². The Hall–Kier alpha value is -1.63. The van der Waals surface area contributed by atoms with Crippen molar-refractivity contribution in [2.75, 3.05) is 36.0 Å². The van der Waals surface area contributed by atoms with Gasteiger partial charge < -0.3 is 9.80 Å². The molecule has 4 rings (SSSR count). The Morgan fingerprint density at radius 3 is 2.36 bits per heavy atom. The molecule has 3 aromatic rings. The summed E-state index contributed by atoms with van der Waals surface area (Å²) in [5.41, 5.74) is 1.25. The maximum Gasteiger partial charge on any atom is 0.186 e. The van der Waals surface area contributed by atoms with Gasteiger partial charge in [0.15, 0.2) is 10.9 Å².